The molecule has 0 saturated carbocycles. The summed E-state index contributed by atoms with van der Waals surface area (Å²) in [4.78, 5) is 15.0. The number of carboxylic acid groups (broad SMARTS) is 1. The SMILES string of the molecule is O=C(O)c1ccnc2cc(Cl)c(Br)cc12. The molecular formula is C10H5BrClNO2. The van der Waals surface area contributed by atoms with Gasteiger partial charge in [0, 0.05) is 16.1 Å². The van der Waals surface area contributed by atoms with Gasteiger partial charge in [0.2, 0.25) is 0 Å². The zero-order chi connectivity index (χ0) is 11.0. The number of nitrogens with zero attached hydrogens (tertiary/aromatic N) is 1. The standard InChI is InChI=1S/C10H5BrClNO2/c11-7-3-6-5(10(14)15)1-2-13-9(6)4-8(7)12/h1-4H,(H,14,15). The van der Waals surface area contributed by atoms with Crippen molar-refractivity contribution in [1.82, 2.24) is 4.98 Å². The molecule has 0 atom stereocenters. The molecule has 0 unspecified atom stereocenters. The second-order valence-electron chi connectivity index (χ2n) is 2.95. The van der Waals surface area contributed by atoms with Gasteiger partial charge in [-0.25, -0.2) is 4.79 Å². The number of carbonyl (C=O) groups is 1. The zero-order valence-electron chi connectivity index (χ0n) is 7.37. The predicted molar refractivity (Wildman–Crippen MR) is 61.4 cm³/mol. The van der Waals surface area contributed by atoms with Crippen molar-refractivity contribution in [3.05, 3.63) is 39.5 Å². The average molecular weight is 287 g/mol. The minimum Gasteiger partial charge on any atom is -0.478 e. The molecule has 76 valence electrons. The Hall–Kier alpha value is -1.13. The van der Waals surface area contributed by atoms with E-state index >= 15 is 0 Å². The zero-order valence-corrected chi connectivity index (χ0v) is 9.71. The van der Waals surface area contributed by atoms with Gasteiger partial charge in [-0.05, 0) is 34.1 Å². The van der Waals surface area contributed by atoms with Gasteiger partial charge in [0.15, 0.2) is 0 Å². The highest BCUT2D eigenvalue weighted by Gasteiger charge is 2.10. The maximum Gasteiger partial charge on any atom is 0.336 e. The molecule has 0 radical (unpaired) electrons. The highest BCUT2D eigenvalue weighted by molar-refractivity contribution is 9.10. The number of benzene rings is 1. The van der Waals surface area contributed by atoms with Gasteiger partial charge in [0.05, 0.1) is 16.1 Å². The van der Waals surface area contributed by atoms with E-state index in [0.717, 1.165) is 0 Å². The van der Waals surface area contributed by atoms with Crippen LogP contribution < -0.4 is 0 Å². The molecule has 0 saturated heterocycles. The van der Waals surface area contributed by atoms with Crippen molar-refractivity contribution in [2.75, 3.05) is 0 Å². The Morgan fingerprint density at radius 1 is 1.47 bits per heavy atom. The highest BCUT2D eigenvalue weighted by Crippen LogP contribution is 2.28. The summed E-state index contributed by atoms with van der Waals surface area (Å²) in [6.07, 6.45) is 1.45. The van der Waals surface area contributed by atoms with Crippen LogP contribution in [-0.4, -0.2) is 16.1 Å². The fraction of sp³-hybridized carbons (Fsp3) is 0. The monoisotopic (exact) mass is 285 g/mol. The van der Waals surface area contributed by atoms with Gasteiger partial charge in [-0.1, -0.05) is 11.6 Å². The van der Waals surface area contributed by atoms with Crippen LogP contribution in [0.3, 0.4) is 0 Å². The van der Waals surface area contributed by atoms with Crippen LogP contribution >= 0.6 is 27.5 Å². The lowest BCUT2D eigenvalue weighted by Crippen LogP contribution is -1.98. The van der Waals surface area contributed by atoms with E-state index in [0.29, 0.717) is 20.4 Å². The van der Waals surface area contributed by atoms with Crippen molar-refractivity contribution in [1.29, 1.82) is 0 Å². The summed E-state index contributed by atoms with van der Waals surface area (Å²) >= 11 is 9.13. The van der Waals surface area contributed by atoms with Crippen molar-refractivity contribution in [3.63, 3.8) is 0 Å². The number of pyridine rings is 1. The second-order valence-corrected chi connectivity index (χ2v) is 4.21. The molecule has 0 aliphatic heterocycles. The maximum absolute atomic E-state index is 10.9. The smallest absolute Gasteiger partial charge is 0.336 e. The number of aromatic carboxylic acids is 1. The van der Waals surface area contributed by atoms with E-state index in [2.05, 4.69) is 20.9 Å². The van der Waals surface area contributed by atoms with E-state index in [1.165, 1.54) is 12.3 Å². The second kappa shape index (κ2) is 3.79. The largest absolute Gasteiger partial charge is 0.478 e. The van der Waals surface area contributed by atoms with Crippen molar-refractivity contribution < 1.29 is 9.90 Å². The third-order valence-electron chi connectivity index (χ3n) is 2.01. The summed E-state index contributed by atoms with van der Waals surface area (Å²) in [7, 11) is 0. The highest BCUT2D eigenvalue weighted by atomic mass is 79.9. The lowest BCUT2D eigenvalue weighted by atomic mass is 10.1. The molecule has 0 fully saturated rings. The normalized spacial score (nSPS) is 10.5. The summed E-state index contributed by atoms with van der Waals surface area (Å²) in [5.74, 6) is -0.975. The molecule has 5 heteroatoms. The van der Waals surface area contributed by atoms with Crippen molar-refractivity contribution in [3.8, 4) is 0 Å². The first-order valence-corrected chi connectivity index (χ1v) is 5.24. The Kier molecular flexibility index (Phi) is 2.63. The van der Waals surface area contributed by atoms with Crippen molar-refractivity contribution >= 4 is 44.4 Å². The lowest BCUT2D eigenvalue weighted by Gasteiger charge is -2.03. The molecule has 0 aliphatic carbocycles. The number of aromatic nitrogens is 1. The Morgan fingerprint density at radius 3 is 2.87 bits per heavy atom. The third kappa shape index (κ3) is 1.82. The lowest BCUT2D eigenvalue weighted by molar-refractivity contribution is 0.0699. The van der Waals surface area contributed by atoms with Crippen LogP contribution in [0, 0.1) is 0 Å². The van der Waals surface area contributed by atoms with Crippen LogP contribution in [0.5, 0.6) is 0 Å². The van der Waals surface area contributed by atoms with Gasteiger partial charge in [-0.2, -0.15) is 0 Å². The van der Waals surface area contributed by atoms with Crippen molar-refractivity contribution in [2.45, 2.75) is 0 Å². The first-order chi connectivity index (χ1) is 7.09. The Labute approximate surface area is 98.8 Å². The van der Waals surface area contributed by atoms with E-state index in [1.54, 1.807) is 12.1 Å². The van der Waals surface area contributed by atoms with Gasteiger partial charge < -0.3 is 5.11 Å². The summed E-state index contributed by atoms with van der Waals surface area (Å²) in [5, 5.41) is 10.0. The fourth-order valence-corrected chi connectivity index (χ4v) is 1.83. The van der Waals surface area contributed by atoms with Gasteiger partial charge in [-0.15, -0.1) is 0 Å². The minimum absolute atomic E-state index is 0.220. The van der Waals surface area contributed by atoms with Crippen LogP contribution in [0.25, 0.3) is 10.9 Å². The maximum atomic E-state index is 10.9. The van der Waals surface area contributed by atoms with Gasteiger partial charge in [0.1, 0.15) is 0 Å². The fourth-order valence-electron chi connectivity index (χ4n) is 1.33. The van der Waals surface area contributed by atoms with Crippen LogP contribution in [0.4, 0.5) is 0 Å². The third-order valence-corrected chi connectivity index (χ3v) is 3.21. The first kappa shape index (κ1) is 10.4. The number of halogens is 2. The number of rotatable bonds is 1. The molecule has 2 rings (SSSR count). The number of fused-ring (bicyclic) bond motifs is 1. The van der Waals surface area contributed by atoms with E-state index in [1.807, 2.05) is 0 Å². The Bertz CT molecular complexity index is 556. The Morgan fingerprint density at radius 2 is 2.20 bits per heavy atom. The van der Waals surface area contributed by atoms with Gasteiger partial charge in [0.25, 0.3) is 0 Å². The summed E-state index contributed by atoms with van der Waals surface area (Å²) in [6, 6.07) is 4.76. The van der Waals surface area contributed by atoms with Crippen LogP contribution in [-0.2, 0) is 0 Å². The summed E-state index contributed by atoms with van der Waals surface area (Å²) in [5.41, 5.74) is 0.792. The minimum atomic E-state index is -0.975. The van der Waals surface area contributed by atoms with Gasteiger partial charge >= 0.3 is 5.97 Å². The van der Waals surface area contributed by atoms with E-state index in [-0.39, 0.29) is 5.56 Å². The predicted octanol–water partition coefficient (Wildman–Crippen LogP) is 3.35. The average Bonchev–Trinajstić information content (AvgIpc) is 2.18. The molecule has 0 amide bonds. The molecule has 1 heterocycles. The molecule has 1 aromatic carbocycles. The van der Waals surface area contributed by atoms with Crippen molar-refractivity contribution in [2.24, 2.45) is 0 Å². The molecular weight excluding hydrogens is 281 g/mol. The molecule has 15 heavy (non-hydrogen) atoms. The molecule has 0 spiro atoms. The number of hydrogen-bond acceptors (Lipinski definition) is 2. The topological polar surface area (TPSA) is 50.2 Å². The number of carboxylic acids is 1. The molecule has 1 N–H and O–H groups in total. The van der Waals surface area contributed by atoms with E-state index < -0.39 is 5.97 Å². The molecule has 2 aromatic rings. The van der Waals surface area contributed by atoms with E-state index in [9.17, 15) is 4.79 Å². The first-order valence-electron chi connectivity index (χ1n) is 4.06. The van der Waals surface area contributed by atoms with E-state index in [4.69, 9.17) is 16.7 Å². The molecule has 0 aliphatic rings. The van der Waals surface area contributed by atoms with Crippen LogP contribution in [0.15, 0.2) is 28.9 Å². The van der Waals surface area contributed by atoms with Crippen LogP contribution in [0.2, 0.25) is 5.02 Å². The summed E-state index contributed by atoms with van der Waals surface area (Å²) < 4.78 is 0.659. The Balaban J connectivity index is 2.86. The quantitative estimate of drug-likeness (QED) is 0.874. The number of hydrogen-bond donors (Lipinski definition) is 1. The molecule has 1 aromatic heterocycles. The van der Waals surface area contributed by atoms with Crippen LogP contribution in [0.1, 0.15) is 10.4 Å². The molecule has 0 bridgehead atoms. The summed E-state index contributed by atoms with van der Waals surface area (Å²) in [6.45, 7) is 0. The van der Waals surface area contributed by atoms with Gasteiger partial charge in [-0.3, -0.25) is 4.98 Å². The molecule has 3 nitrogen and oxygen atoms in total.